The first-order chi connectivity index (χ1) is 19.5. The predicted molar refractivity (Wildman–Crippen MR) is 159 cm³/mol. The standard InChI is InChI=1S/C34H51NO5/c1-27-14-13-18-33(38-27)39-32(29-19-20-31-30(24-29)26-37-34(2,3)40-31)25-35-21-10-4-5-11-22-36-23-12-9-17-28-15-7-6-8-16-28/h6-8,15-16,19-20,24,27,32-33,35H,4-5,9-14,17-18,21-23,25-26H2,1-3H3/t27-,32-,33+/m0/s1. The summed E-state index contributed by atoms with van der Waals surface area (Å²) in [5.41, 5.74) is 3.63. The molecule has 0 bridgehead atoms. The summed E-state index contributed by atoms with van der Waals surface area (Å²) in [4.78, 5) is 0. The third kappa shape index (κ3) is 10.8. The topological polar surface area (TPSA) is 58.2 Å². The number of fused-ring (bicyclic) bond motifs is 1. The van der Waals surface area contributed by atoms with Gasteiger partial charge < -0.3 is 29.0 Å². The fourth-order valence-electron chi connectivity index (χ4n) is 5.37. The van der Waals surface area contributed by atoms with Crippen molar-refractivity contribution < 1.29 is 23.7 Å². The van der Waals surface area contributed by atoms with E-state index < -0.39 is 5.79 Å². The van der Waals surface area contributed by atoms with Gasteiger partial charge in [0.05, 0.1) is 18.8 Å². The Morgan fingerprint density at radius 2 is 1.75 bits per heavy atom. The van der Waals surface area contributed by atoms with Crippen molar-refractivity contribution in [2.24, 2.45) is 0 Å². The molecule has 2 aliphatic rings. The predicted octanol–water partition coefficient (Wildman–Crippen LogP) is 7.49. The van der Waals surface area contributed by atoms with Crippen LogP contribution in [0.25, 0.3) is 0 Å². The number of rotatable bonds is 17. The van der Waals surface area contributed by atoms with Crippen molar-refractivity contribution in [3.8, 4) is 5.75 Å². The number of nitrogens with one attached hydrogen (secondary N) is 1. The van der Waals surface area contributed by atoms with Gasteiger partial charge in [0.25, 0.3) is 0 Å². The Hall–Kier alpha value is -1.96. The highest BCUT2D eigenvalue weighted by Gasteiger charge is 2.29. The van der Waals surface area contributed by atoms with Gasteiger partial charge in [-0.3, -0.25) is 0 Å². The van der Waals surface area contributed by atoms with Gasteiger partial charge in [0.2, 0.25) is 5.79 Å². The maximum Gasteiger partial charge on any atom is 0.205 e. The summed E-state index contributed by atoms with van der Waals surface area (Å²) in [6, 6.07) is 17.1. The molecule has 0 spiro atoms. The van der Waals surface area contributed by atoms with E-state index in [9.17, 15) is 0 Å². The minimum absolute atomic E-state index is 0.0779. The molecule has 0 radical (unpaired) electrons. The number of hydrogen-bond donors (Lipinski definition) is 1. The maximum absolute atomic E-state index is 6.52. The lowest BCUT2D eigenvalue weighted by molar-refractivity contribution is -0.211. The molecule has 4 rings (SSSR count). The first-order valence-electron chi connectivity index (χ1n) is 15.6. The average Bonchev–Trinajstić information content (AvgIpc) is 2.95. The Kier molecular flexibility index (Phi) is 12.8. The fraction of sp³-hybridized carbons (Fsp3) is 0.647. The van der Waals surface area contributed by atoms with Crippen LogP contribution >= 0.6 is 0 Å². The van der Waals surface area contributed by atoms with Gasteiger partial charge in [0, 0.05) is 39.2 Å². The molecular formula is C34H51NO5. The second kappa shape index (κ2) is 16.5. The van der Waals surface area contributed by atoms with Crippen LogP contribution in [0, 0.1) is 0 Å². The van der Waals surface area contributed by atoms with E-state index in [0.29, 0.717) is 6.61 Å². The highest BCUT2D eigenvalue weighted by atomic mass is 16.7. The zero-order valence-corrected chi connectivity index (χ0v) is 25.0. The first-order valence-corrected chi connectivity index (χ1v) is 15.6. The molecule has 40 heavy (non-hydrogen) atoms. The molecule has 0 unspecified atom stereocenters. The van der Waals surface area contributed by atoms with Gasteiger partial charge in [0.1, 0.15) is 5.75 Å². The quantitative estimate of drug-likeness (QED) is 0.205. The van der Waals surface area contributed by atoms with Crippen molar-refractivity contribution in [1.82, 2.24) is 5.32 Å². The monoisotopic (exact) mass is 553 g/mol. The van der Waals surface area contributed by atoms with Crippen LogP contribution in [0.15, 0.2) is 48.5 Å². The van der Waals surface area contributed by atoms with Crippen molar-refractivity contribution in [3.05, 3.63) is 65.2 Å². The molecule has 2 aromatic rings. The Labute approximate surface area is 242 Å². The van der Waals surface area contributed by atoms with Gasteiger partial charge in [-0.25, -0.2) is 0 Å². The van der Waals surface area contributed by atoms with E-state index in [-0.39, 0.29) is 18.5 Å². The molecule has 0 aromatic heterocycles. The molecule has 222 valence electrons. The Bertz CT molecular complexity index is 982. The van der Waals surface area contributed by atoms with Gasteiger partial charge in [-0.1, -0.05) is 49.2 Å². The van der Waals surface area contributed by atoms with Crippen molar-refractivity contribution >= 4 is 0 Å². The van der Waals surface area contributed by atoms with E-state index in [2.05, 4.69) is 60.8 Å². The zero-order chi connectivity index (χ0) is 28.0. The molecule has 6 heteroatoms. The molecule has 2 heterocycles. The van der Waals surface area contributed by atoms with Gasteiger partial charge in [-0.2, -0.15) is 0 Å². The van der Waals surface area contributed by atoms with E-state index in [0.717, 1.165) is 88.1 Å². The van der Waals surface area contributed by atoms with Gasteiger partial charge in [-0.15, -0.1) is 0 Å². The largest absolute Gasteiger partial charge is 0.463 e. The van der Waals surface area contributed by atoms with Crippen molar-refractivity contribution in [2.45, 2.75) is 116 Å². The summed E-state index contributed by atoms with van der Waals surface area (Å²) in [6.07, 6.45) is 11.4. The van der Waals surface area contributed by atoms with E-state index in [1.165, 1.54) is 24.8 Å². The lowest BCUT2D eigenvalue weighted by atomic mass is 10.0. The molecular weight excluding hydrogens is 502 g/mol. The van der Waals surface area contributed by atoms with Crippen LogP contribution in [-0.2, 0) is 32.0 Å². The van der Waals surface area contributed by atoms with E-state index in [1.54, 1.807) is 0 Å². The Balaban J connectivity index is 1.11. The van der Waals surface area contributed by atoms with E-state index >= 15 is 0 Å². The zero-order valence-electron chi connectivity index (χ0n) is 25.0. The summed E-state index contributed by atoms with van der Waals surface area (Å²) in [6.45, 7) is 10.1. The van der Waals surface area contributed by atoms with Gasteiger partial charge in [0.15, 0.2) is 6.29 Å². The molecule has 2 aromatic carbocycles. The van der Waals surface area contributed by atoms with Crippen LogP contribution in [0.3, 0.4) is 0 Å². The Morgan fingerprint density at radius 1 is 0.950 bits per heavy atom. The van der Waals surface area contributed by atoms with Crippen LogP contribution in [0.1, 0.15) is 101 Å². The number of ether oxygens (including phenoxy) is 5. The first kappa shape index (κ1) is 31.0. The average molecular weight is 554 g/mol. The third-order valence-electron chi connectivity index (χ3n) is 7.71. The summed E-state index contributed by atoms with van der Waals surface area (Å²) < 4.78 is 30.3. The Morgan fingerprint density at radius 3 is 2.58 bits per heavy atom. The lowest BCUT2D eigenvalue weighted by Crippen LogP contribution is -2.35. The fourth-order valence-corrected chi connectivity index (χ4v) is 5.37. The maximum atomic E-state index is 6.52. The van der Waals surface area contributed by atoms with Crippen molar-refractivity contribution in [1.29, 1.82) is 0 Å². The number of aryl methyl sites for hydroxylation is 1. The minimum atomic E-state index is -0.591. The molecule has 6 nitrogen and oxygen atoms in total. The lowest BCUT2D eigenvalue weighted by Gasteiger charge is -2.34. The summed E-state index contributed by atoms with van der Waals surface area (Å²) in [5.74, 6) is 0.303. The van der Waals surface area contributed by atoms with Crippen LogP contribution in [0.5, 0.6) is 5.75 Å². The molecule has 0 saturated carbocycles. The molecule has 3 atom stereocenters. The SMILES string of the molecule is C[C@H]1CCC[C@@H](O[C@@H](CNCCCCCCOCCCCc2ccccc2)c2ccc3c(c2)COC(C)(C)O3)O1. The molecule has 0 aliphatic carbocycles. The number of unbranched alkanes of at least 4 members (excludes halogenated alkanes) is 4. The van der Waals surface area contributed by atoms with Crippen molar-refractivity contribution in [2.75, 3.05) is 26.3 Å². The van der Waals surface area contributed by atoms with Gasteiger partial charge in [-0.05, 0) is 88.1 Å². The van der Waals surface area contributed by atoms with Crippen LogP contribution in [0.4, 0.5) is 0 Å². The van der Waals surface area contributed by atoms with Crippen LogP contribution < -0.4 is 10.1 Å². The van der Waals surface area contributed by atoms with E-state index in [4.69, 9.17) is 23.7 Å². The second-order valence-electron chi connectivity index (χ2n) is 11.8. The molecule has 0 amide bonds. The minimum Gasteiger partial charge on any atom is -0.463 e. The normalized spacial score (nSPS) is 21.0. The van der Waals surface area contributed by atoms with Crippen LogP contribution in [0.2, 0.25) is 0 Å². The molecule has 1 saturated heterocycles. The highest BCUT2D eigenvalue weighted by molar-refractivity contribution is 5.39. The van der Waals surface area contributed by atoms with Crippen molar-refractivity contribution in [3.63, 3.8) is 0 Å². The molecule has 1 fully saturated rings. The molecule has 1 N–H and O–H groups in total. The smallest absolute Gasteiger partial charge is 0.205 e. The summed E-state index contributed by atoms with van der Waals surface area (Å²) >= 11 is 0. The number of benzene rings is 2. The third-order valence-corrected chi connectivity index (χ3v) is 7.71. The summed E-state index contributed by atoms with van der Waals surface area (Å²) in [7, 11) is 0. The number of hydrogen-bond acceptors (Lipinski definition) is 6. The summed E-state index contributed by atoms with van der Waals surface area (Å²) in [5, 5.41) is 3.64. The second-order valence-corrected chi connectivity index (χ2v) is 11.8. The highest BCUT2D eigenvalue weighted by Crippen LogP contribution is 2.34. The van der Waals surface area contributed by atoms with E-state index in [1.807, 2.05) is 13.8 Å². The van der Waals surface area contributed by atoms with Crippen LogP contribution in [-0.4, -0.2) is 44.5 Å². The van der Waals surface area contributed by atoms with Gasteiger partial charge >= 0.3 is 0 Å². The molecule has 2 aliphatic heterocycles.